The van der Waals surface area contributed by atoms with Crippen LogP contribution in [0.4, 0.5) is 0 Å². The van der Waals surface area contributed by atoms with E-state index in [2.05, 4.69) is 22.7 Å². The van der Waals surface area contributed by atoms with Crippen molar-refractivity contribution >= 4 is 46.7 Å². The van der Waals surface area contributed by atoms with E-state index in [1.54, 1.807) is 10.6 Å². The van der Waals surface area contributed by atoms with Crippen molar-refractivity contribution in [2.24, 2.45) is 0 Å². The number of pyridine rings is 1. The molecule has 1 N–H and O–H groups in total. The van der Waals surface area contributed by atoms with Gasteiger partial charge in [0.15, 0.2) is 5.65 Å². The molecule has 3 heterocycles. The molecular weight excluding hydrogens is 412 g/mol. The highest BCUT2D eigenvalue weighted by molar-refractivity contribution is 7.80. The number of thiol groups is 1. The van der Waals surface area contributed by atoms with Crippen molar-refractivity contribution in [2.75, 3.05) is 5.75 Å². The molecule has 0 aliphatic heterocycles. The number of rotatable bonds is 5. The molecule has 0 saturated heterocycles. The highest BCUT2D eigenvalue weighted by atomic mass is 35.5. The molecule has 7 nitrogen and oxygen atoms in total. The lowest BCUT2D eigenvalue weighted by Crippen LogP contribution is -2.31. The second-order valence-electron chi connectivity index (χ2n) is 6.54. The molecule has 1 aromatic carbocycles. The van der Waals surface area contributed by atoms with E-state index in [0.29, 0.717) is 28.0 Å². The van der Waals surface area contributed by atoms with E-state index in [0.717, 1.165) is 21.4 Å². The summed E-state index contributed by atoms with van der Waals surface area (Å²) in [4.78, 5) is 28.9. The van der Waals surface area contributed by atoms with Crippen LogP contribution in [0.25, 0.3) is 27.7 Å². The predicted octanol–water partition coefficient (Wildman–Crippen LogP) is 3.48. The monoisotopic (exact) mass is 428 g/mol. The summed E-state index contributed by atoms with van der Waals surface area (Å²) in [5.74, 6) is -1.12. The maximum Gasteiger partial charge on any atom is 0.327 e. The van der Waals surface area contributed by atoms with E-state index in [9.17, 15) is 14.7 Å². The Balaban J connectivity index is 2.00. The van der Waals surface area contributed by atoms with Crippen LogP contribution in [0.5, 0.6) is 0 Å². The number of fused-ring (bicyclic) bond motifs is 3. The predicted molar refractivity (Wildman–Crippen MR) is 115 cm³/mol. The van der Waals surface area contributed by atoms with E-state index in [1.165, 1.54) is 12.4 Å². The minimum atomic E-state index is -1.12. The molecule has 0 saturated carbocycles. The Morgan fingerprint density at radius 1 is 1.28 bits per heavy atom. The molecule has 148 valence electrons. The van der Waals surface area contributed by atoms with Gasteiger partial charge in [-0.05, 0) is 30.2 Å². The molecule has 1 atom stereocenters. The summed E-state index contributed by atoms with van der Waals surface area (Å²) in [7, 11) is 0. The lowest BCUT2D eigenvalue weighted by Gasteiger charge is -2.14. The topological polar surface area (TPSA) is 89.5 Å². The molecule has 0 bridgehead atoms. The Labute approximate surface area is 176 Å². The smallest absolute Gasteiger partial charge is 0.327 e. The molecule has 29 heavy (non-hydrogen) atoms. The standard InChI is InChI=1S/C20H17ClN4O3S/c1-2-14-17(11-3-5-12(21)6-4-11)18-22-9-13-15(25(18)23-14)7-8-24(19(13)26)16(10-29)20(27)28/h3-9,16,29H,2,10H2,1H3,(H,27,28). The first kappa shape index (κ1) is 19.5. The van der Waals surface area contributed by atoms with Crippen molar-refractivity contribution in [1.82, 2.24) is 19.2 Å². The molecule has 0 radical (unpaired) electrons. The summed E-state index contributed by atoms with van der Waals surface area (Å²) in [6, 6.07) is 8.06. The molecule has 0 aliphatic rings. The number of hydrogen-bond acceptors (Lipinski definition) is 5. The minimum Gasteiger partial charge on any atom is -0.480 e. The average molecular weight is 429 g/mol. The van der Waals surface area contributed by atoms with Crippen molar-refractivity contribution in [1.29, 1.82) is 0 Å². The number of nitrogens with zero attached hydrogens (tertiary/aromatic N) is 4. The van der Waals surface area contributed by atoms with Gasteiger partial charge in [0, 0.05) is 28.7 Å². The van der Waals surface area contributed by atoms with Gasteiger partial charge < -0.3 is 5.11 Å². The normalized spacial score (nSPS) is 12.5. The molecule has 4 rings (SSSR count). The van der Waals surface area contributed by atoms with E-state index in [1.807, 2.05) is 31.2 Å². The number of aromatic nitrogens is 4. The van der Waals surface area contributed by atoms with Crippen LogP contribution in [0.1, 0.15) is 18.7 Å². The van der Waals surface area contributed by atoms with Gasteiger partial charge in [-0.25, -0.2) is 14.3 Å². The van der Waals surface area contributed by atoms with Crippen molar-refractivity contribution in [3.05, 3.63) is 63.8 Å². The maximum absolute atomic E-state index is 12.9. The number of halogens is 1. The average Bonchev–Trinajstić information content (AvgIpc) is 3.09. The summed E-state index contributed by atoms with van der Waals surface area (Å²) in [5, 5.41) is 15.0. The highest BCUT2D eigenvalue weighted by Crippen LogP contribution is 2.30. The summed E-state index contributed by atoms with van der Waals surface area (Å²) in [5.41, 5.74) is 3.40. The van der Waals surface area contributed by atoms with Crippen LogP contribution in [0.3, 0.4) is 0 Å². The van der Waals surface area contributed by atoms with Gasteiger partial charge in [-0.3, -0.25) is 9.36 Å². The Hall–Kier alpha value is -2.84. The van der Waals surface area contributed by atoms with Gasteiger partial charge >= 0.3 is 5.97 Å². The Bertz CT molecular complexity index is 1300. The quantitative estimate of drug-likeness (QED) is 0.475. The maximum atomic E-state index is 12.9. The zero-order valence-electron chi connectivity index (χ0n) is 15.4. The summed E-state index contributed by atoms with van der Waals surface area (Å²) in [6.45, 7) is 2.00. The molecule has 0 fully saturated rings. The fourth-order valence-electron chi connectivity index (χ4n) is 3.42. The first-order valence-electron chi connectivity index (χ1n) is 8.97. The molecular formula is C20H17ClN4O3S. The number of aliphatic carboxylic acids is 1. The van der Waals surface area contributed by atoms with Gasteiger partial charge in [0.2, 0.25) is 0 Å². The lowest BCUT2D eigenvalue weighted by atomic mass is 10.0. The van der Waals surface area contributed by atoms with E-state index in [4.69, 9.17) is 11.6 Å². The molecule has 3 aromatic heterocycles. The van der Waals surface area contributed by atoms with Crippen molar-refractivity contribution in [3.8, 4) is 11.1 Å². The second-order valence-corrected chi connectivity index (χ2v) is 7.34. The van der Waals surface area contributed by atoms with Gasteiger partial charge in [-0.2, -0.15) is 17.7 Å². The lowest BCUT2D eigenvalue weighted by molar-refractivity contribution is -0.140. The summed E-state index contributed by atoms with van der Waals surface area (Å²) >= 11 is 10.1. The third-order valence-corrected chi connectivity index (χ3v) is 5.47. The van der Waals surface area contributed by atoms with Crippen molar-refractivity contribution in [2.45, 2.75) is 19.4 Å². The molecule has 0 spiro atoms. The highest BCUT2D eigenvalue weighted by Gasteiger charge is 2.22. The van der Waals surface area contributed by atoms with Gasteiger partial charge in [0.05, 0.1) is 16.6 Å². The van der Waals surface area contributed by atoms with Crippen LogP contribution in [-0.4, -0.2) is 36.0 Å². The van der Waals surface area contributed by atoms with Crippen LogP contribution in [-0.2, 0) is 11.2 Å². The van der Waals surface area contributed by atoms with E-state index >= 15 is 0 Å². The Morgan fingerprint density at radius 3 is 2.62 bits per heavy atom. The minimum absolute atomic E-state index is 0.00110. The van der Waals surface area contributed by atoms with Crippen LogP contribution >= 0.6 is 24.2 Å². The van der Waals surface area contributed by atoms with E-state index < -0.39 is 17.6 Å². The summed E-state index contributed by atoms with van der Waals surface area (Å²) in [6.07, 6.45) is 3.62. The number of benzene rings is 1. The SMILES string of the molecule is CCc1nn2c(ncc3c(=O)n(C(CS)C(=O)O)ccc32)c1-c1ccc(Cl)cc1. The zero-order valence-corrected chi connectivity index (χ0v) is 17.1. The van der Waals surface area contributed by atoms with Crippen LogP contribution < -0.4 is 5.56 Å². The first-order valence-corrected chi connectivity index (χ1v) is 9.98. The van der Waals surface area contributed by atoms with Crippen LogP contribution in [0.2, 0.25) is 5.02 Å². The Kier molecular flexibility index (Phi) is 5.06. The van der Waals surface area contributed by atoms with Gasteiger partial charge in [-0.15, -0.1) is 0 Å². The van der Waals surface area contributed by atoms with E-state index in [-0.39, 0.29) is 5.75 Å². The number of aryl methyl sites for hydroxylation is 1. The van der Waals surface area contributed by atoms with Crippen molar-refractivity contribution < 1.29 is 9.90 Å². The van der Waals surface area contributed by atoms with Gasteiger partial charge in [0.1, 0.15) is 6.04 Å². The first-order chi connectivity index (χ1) is 14.0. The van der Waals surface area contributed by atoms with Crippen LogP contribution in [0.15, 0.2) is 47.5 Å². The Morgan fingerprint density at radius 2 is 2.00 bits per heavy atom. The number of carboxylic acids is 1. The third-order valence-electron chi connectivity index (χ3n) is 4.87. The molecule has 9 heteroatoms. The van der Waals surface area contributed by atoms with Crippen LogP contribution in [0, 0.1) is 0 Å². The molecule has 0 aliphatic carbocycles. The van der Waals surface area contributed by atoms with Gasteiger partial charge in [-0.1, -0.05) is 30.7 Å². The molecule has 0 amide bonds. The number of hydrogen-bond donors (Lipinski definition) is 2. The fourth-order valence-corrected chi connectivity index (χ4v) is 3.88. The van der Waals surface area contributed by atoms with Gasteiger partial charge in [0.25, 0.3) is 5.56 Å². The molecule has 1 unspecified atom stereocenters. The number of carboxylic acid groups (broad SMARTS) is 1. The fraction of sp³-hybridized carbons (Fsp3) is 0.200. The molecule has 4 aromatic rings. The zero-order chi connectivity index (χ0) is 20.7. The summed E-state index contributed by atoms with van der Waals surface area (Å²) < 4.78 is 2.80. The van der Waals surface area contributed by atoms with Crippen molar-refractivity contribution in [3.63, 3.8) is 0 Å². The largest absolute Gasteiger partial charge is 0.480 e. The third kappa shape index (κ3) is 3.18. The number of carbonyl (C=O) groups is 1. The second kappa shape index (κ2) is 7.53.